The highest BCUT2D eigenvalue weighted by Crippen LogP contribution is 2.25. The Morgan fingerprint density at radius 1 is 1.35 bits per heavy atom. The maximum Gasteiger partial charge on any atom is 0.304 e. The Labute approximate surface area is 99.1 Å². The summed E-state index contributed by atoms with van der Waals surface area (Å²) in [5.41, 5.74) is 7.49. The van der Waals surface area contributed by atoms with Gasteiger partial charge in [0.2, 0.25) is 0 Å². The van der Waals surface area contributed by atoms with Gasteiger partial charge in [0, 0.05) is 17.5 Å². The van der Waals surface area contributed by atoms with Crippen LogP contribution in [0, 0.1) is 0 Å². The largest absolute Gasteiger partial charge is 0.481 e. The molecule has 2 aromatic rings. The molecule has 88 valence electrons. The lowest BCUT2D eigenvalue weighted by Gasteiger charge is -2.14. The van der Waals surface area contributed by atoms with Crippen LogP contribution < -0.4 is 5.73 Å². The van der Waals surface area contributed by atoms with E-state index in [2.05, 4.69) is 4.98 Å². The van der Waals surface area contributed by atoms with Gasteiger partial charge in [0.05, 0.1) is 11.9 Å². The average molecular weight is 230 g/mol. The molecule has 0 aliphatic heterocycles. The molecule has 0 saturated carbocycles. The summed E-state index contributed by atoms with van der Waals surface area (Å²) in [6.07, 6.45) is 1.74. The molecular formula is C13H14N2O2. The van der Waals surface area contributed by atoms with Gasteiger partial charge in [0.25, 0.3) is 0 Å². The van der Waals surface area contributed by atoms with Crippen LogP contribution in [0.25, 0.3) is 10.9 Å². The zero-order chi connectivity index (χ0) is 12.3. The van der Waals surface area contributed by atoms with Crippen molar-refractivity contribution in [1.82, 2.24) is 4.98 Å². The number of aromatic nitrogens is 1. The second-order valence-corrected chi connectivity index (χ2v) is 3.95. The topological polar surface area (TPSA) is 76.2 Å². The van der Waals surface area contributed by atoms with Crippen molar-refractivity contribution in [2.45, 2.75) is 12.3 Å². The monoisotopic (exact) mass is 230 g/mol. The second-order valence-electron chi connectivity index (χ2n) is 3.95. The van der Waals surface area contributed by atoms with Crippen molar-refractivity contribution >= 4 is 16.9 Å². The Hall–Kier alpha value is -1.94. The minimum absolute atomic E-state index is 0.0461. The molecule has 1 aromatic carbocycles. The minimum Gasteiger partial charge on any atom is -0.481 e. The number of fused-ring (bicyclic) bond motifs is 1. The lowest BCUT2D eigenvalue weighted by molar-refractivity contribution is -0.137. The van der Waals surface area contributed by atoms with Gasteiger partial charge in [-0.3, -0.25) is 9.78 Å². The van der Waals surface area contributed by atoms with E-state index in [1.807, 2.05) is 30.3 Å². The van der Waals surface area contributed by atoms with Crippen molar-refractivity contribution in [3.05, 3.63) is 42.1 Å². The van der Waals surface area contributed by atoms with E-state index in [4.69, 9.17) is 10.8 Å². The molecule has 1 aromatic heterocycles. The molecule has 0 radical (unpaired) electrons. The van der Waals surface area contributed by atoms with E-state index in [1.165, 1.54) is 0 Å². The minimum atomic E-state index is -0.832. The van der Waals surface area contributed by atoms with Crippen LogP contribution in [0.5, 0.6) is 0 Å². The highest BCUT2D eigenvalue weighted by Gasteiger charge is 2.16. The van der Waals surface area contributed by atoms with Crippen molar-refractivity contribution in [3.8, 4) is 0 Å². The molecule has 0 fully saturated rings. The summed E-state index contributed by atoms with van der Waals surface area (Å²) in [5, 5.41) is 9.86. The Bertz CT molecular complexity index is 534. The standard InChI is InChI=1S/C13H14N2O2/c14-8-9(7-13(16)17)10-5-6-15-12-4-2-1-3-11(10)12/h1-6,9H,7-8,14H2,(H,16,17). The van der Waals surface area contributed by atoms with E-state index >= 15 is 0 Å². The van der Waals surface area contributed by atoms with Gasteiger partial charge in [-0.05, 0) is 24.2 Å². The lowest BCUT2D eigenvalue weighted by Crippen LogP contribution is -2.16. The summed E-state index contributed by atoms with van der Waals surface area (Å²) >= 11 is 0. The van der Waals surface area contributed by atoms with Crippen LogP contribution in [0.2, 0.25) is 0 Å². The van der Waals surface area contributed by atoms with Crippen molar-refractivity contribution < 1.29 is 9.90 Å². The zero-order valence-electron chi connectivity index (χ0n) is 9.34. The number of carbonyl (C=O) groups is 1. The Kier molecular flexibility index (Phi) is 3.35. The number of benzene rings is 1. The molecule has 4 heteroatoms. The quantitative estimate of drug-likeness (QED) is 0.839. The number of nitrogens with two attached hydrogens (primary N) is 1. The van der Waals surface area contributed by atoms with Crippen LogP contribution in [0.15, 0.2) is 36.5 Å². The van der Waals surface area contributed by atoms with Gasteiger partial charge in [-0.15, -0.1) is 0 Å². The van der Waals surface area contributed by atoms with Crippen molar-refractivity contribution in [2.24, 2.45) is 5.73 Å². The Morgan fingerprint density at radius 3 is 2.82 bits per heavy atom. The maximum absolute atomic E-state index is 10.8. The smallest absolute Gasteiger partial charge is 0.304 e. The molecule has 0 bridgehead atoms. The van der Waals surface area contributed by atoms with Crippen LogP contribution in [0.4, 0.5) is 0 Å². The van der Waals surface area contributed by atoms with Gasteiger partial charge in [-0.1, -0.05) is 18.2 Å². The van der Waals surface area contributed by atoms with E-state index in [0.717, 1.165) is 16.5 Å². The van der Waals surface area contributed by atoms with Gasteiger partial charge < -0.3 is 10.8 Å². The first-order chi connectivity index (χ1) is 8.22. The van der Waals surface area contributed by atoms with Crippen molar-refractivity contribution in [1.29, 1.82) is 0 Å². The molecule has 2 rings (SSSR count). The molecule has 0 amide bonds. The third-order valence-electron chi connectivity index (χ3n) is 2.83. The van der Waals surface area contributed by atoms with E-state index in [0.29, 0.717) is 6.54 Å². The molecule has 4 nitrogen and oxygen atoms in total. The molecule has 1 unspecified atom stereocenters. The Balaban J connectivity index is 2.49. The Morgan fingerprint density at radius 2 is 2.12 bits per heavy atom. The number of aliphatic carboxylic acids is 1. The van der Waals surface area contributed by atoms with Crippen LogP contribution in [-0.2, 0) is 4.79 Å². The SMILES string of the molecule is NCC(CC(=O)O)c1ccnc2ccccc12. The lowest BCUT2D eigenvalue weighted by atomic mass is 9.93. The van der Waals surface area contributed by atoms with Crippen LogP contribution >= 0.6 is 0 Å². The molecule has 0 aliphatic rings. The number of hydrogen-bond acceptors (Lipinski definition) is 3. The third-order valence-corrected chi connectivity index (χ3v) is 2.83. The van der Waals surface area contributed by atoms with E-state index in [1.54, 1.807) is 6.20 Å². The van der Waals surface area contributed by atoms with Crippen molar-refractivity contribution in [3.63, 3.8) is 0 Å². The number of nitrogens with zero attached hydrogens (tertiary/aromatic N) is 1. The summed E-state index contributed by atoms with van der Waals surface area (Å²) in [6, 6.07) is 9.54. The van der Waals surface area contributed by atoms with Gasteiger partial charge in [0.1, 0.15) is 0 Å². The van der Waals surface area contributed by atoms with Gasteiger partial charge in [-0.2, -0.15) is 0 Å². The summed E-state index contributed by atoms with van der Waals surface area (Å²) in [6.45, 7) is 0.320. The van der Waals surface area contributed by atoms with Crippen LogP contribution in [-0.4, -0.2) is 22.6 Å². The molecule has 1 heterocycles. The zero-order valence-corrected chi connectivity index (χ0v) is 9.34. The van der Waals surface area contributed by atoms with Gasteiger partial charge >= 0.3 is 5.97 Å². The first kappa shape index (κ1) is 11.5. The second kappa shape index (κ2) is 4.93. The molecular weight excluding hydrogens is 216 g/mol. The molecule has 17 heavy (non-hydrogen) atoms. The summed E-state index contributed by atoms with van der Waals surface area (Å²) < 4.78 is 0. The van der Waals surface area contributed by atoms with Crippen LogP contribution in [0.1, 0.15) is 17.9 Å². The van der Waals surface area contributed by atoms with Gasteiger partial charge in [-0.25, -0.2) is 0 Å². The third kappa shape index (κ3) is 2.42. The molecule has 3 N–H and O–H groups in total. The molecule has 0 spiro atoms. The highest BCUT2D eigenvalue weighted by molar-refractivity contribution is 5.83. The normalized spacial score (nSPS) is 12.5. The number of hydrogen-bond donors (Lipinski definition) is 2. The fourth-order valence-electron chi connectivity index (χ4n) is 2.01. The number of pyridine rings is 1. The van der Waals surface area contributed by atoms with E-state index in [9.17, 15) is 4.79 Å². The number of para-hydroxylation sites is 1. The number of rotatable bonds is 4. The summed E-state index contributed by atoms with van der Waals surface area (Å²) in [7, 11) is 0. The fourth-order valence-corrected chi connectivity index (χ4v) is 2.01. The number of carboxylic acids is 1. The predicted octanol–water partition coefficient (Wildman–Crippen LogP) is 1.75. The first-order valence-corrected chi connectivity index (χ1v) is 5.48. The molecule has 1 atom stereocenters. The first-order valence-electron chi connectivity index (χ1n) is 5.48. The van der Waals surface area contributed by atoms with E-state index in [-0.39, 0.29) is 12.3 Å². The van der Waals surface area contributed by atoms with Gasteiger partial charge in [0.15, 0.2) is 0 Å². The summed E-state index contributed by atoms with van der Waals surface area (Å²) in [4.78, 5) is 15.1. The van der Waals surface area contributed by atoms with Crippen molar-refractivity contribution in [2.75, 3.05) is 6.54 Å². The highest BCUT2D eigenvalue weighted by atomic mass is 16.4. The summed E-state index contributed by atoms with van der Waals surface area (Å²) in [5.74, 6) is -0.998. The van der Waals surface area contributed by atoms with E-state index < -0.39 is 5.97 Å². The average Bonchev–Trinajstić information content (AvgIpc) is 2.35. The predicted molar refractivity (Wildman–Crippen MR) is 65.8 cm³/mol. The number of carboxylic acid groups (broad SMARTS) is 1. The maximum atomic E-state index is 10.8. The molecule has 0 saturated heterocycles. The van der Waals surface area contributed by atoms with Crippen LogP contribution in [0.3, 0.4) is 0 Å². The molecule has 0 aliphatic carbocycles. The fraction of sp³-hybridized carbons (Fsp3) is 0.231.